The molecule has 2 aromatic rings. The van der Waals surface area contributed by atoms with Crippen molar-refractivity contribution in [2.75, 3.05) is 13.1 Å². The van der Waals surface area contributed by atoms with Crippen molar-refractivity contribution in [3.8, 4) is 0 Å². The number of amides is 1. The summed E-state index contributed by atoms with van der Waals surface area (Å²) < 4.78 is 0. The number of aromatic amines is 1. The van der Waals surface area contributed by atoms with Crippen molar-refractivity contribution in [2.45, 2.75) is 32.6 Å². The molecule has 0 aliphatic carbocycles. The average molecular weight is 285 g/mol. The van der Waals surface area contributed by atoms with E-state index in [1.807, 2.05) is 25.3 Å². The van der Waals surface area contributed by atoms with Crippen molar-refractivity contribution >= 4 is 16.8 Å². The van der Waals surface area contributed by atoms with Gasteiger partial charge in [-0.2, -0.15) is 0 Å². The van der Waals surface area contributed by atoms with Crippen LogP contribution in [0.1, 0.15) is 31.7 Å². The Hall–Kier alpha value is -1.81. The number of nitrogens with zero attached hydrogens (tertiary/aromatic N) is 1. The fourth-order valence-electron chi connectivity index (χ4n) is 2.99. The third-order valence-electron chi connectivity index (χ3n) is 4.27. The summed E-state index contributed by atoms with van der Waals surface area (Å²) in [5.41, 5.74) is 5.41. The number of hydrazine groups is 1. The lowest BCUT2D eigenvalue weighted by Crippen LogP contribution is -2.47. The van der Waals surface area contributed by atoms with Gasteiger partial charge >= 0.3 is 0 Å². The van der Waals surface area contributed by atoms with Gasteiger partial charge < -0.3 is 4.98 Å². The van der Waals surface area contributed by atoms with E-state index in [9.17, 15) is 4.79 Å². The molecule has 112 valence electrons. The standard InChI is InChI=1S/C17H23N3O/c1-13(17(21)19-20-9-5-2-6-10-20)11-14-12-18-16-8-4-3-7-15(14)16/h3-4,7-8,12-13,18H,2,5-6,9-11H2,1H3,(H,19,21). The second kappa shape index (κ2) is 6.31. The summed E-state index contributed by atoms with van der Waals surface area (Å²) in [6, 6.07) is 8.24. The van der Waals surface area contributed by atoms with Crippen molar-refractivity contribution in [3.63, 3.8) is 0 Å². The number of nitrogens with one attached hydrogen (secondary N) is 2. The third-order valence-corrected chi connectivity index (χ3v) is 4.27. The van der Waals surface area contributed by atoms with Gasteiger partial charge in [0.05, 0.1) is 0 Å². The molecule has 1 fully saturated rings. The second-order valence-corrected chi connectivity index (χ2v) is 5.99. The highest BCUT2D eigenvalue weighted by molar-refractivity contribution is 5.84. The van der Waals surface area contributed by atoms with Crippen LogP contribution in [-0.2, 0) is 11.2 Å². The zero-order valence-corrected chi connectivity index (χ0v) is 12.6. The minimum absolute atomic E-state index is 0.0221. The Labute approximate surface area is 125 Å². The highest BCUT2D eigenvalue weighted by atomic mass is 16.2. The van der Waals surface area contributed by atoms with E-state index in [0.29, 0.717) is 0 Å². The van der Waals surface area contributed by atoms with Gasteiger partial charge in [0.1, 0.15) is 0 Å². The Bertz CT molecular complexity index is 613. The van der Waals surface area contributed by atoms with Crippen LogP contribution >= 0.6 is 0 Å². The fraction of sp³-hybridized carbons (Fsp3) is 0.471. The van der Waals surface area contributed by atoms with Crippen LogP contribution in [0.2, 0.25) is 0 Å². The third kappa shape index (κ3) is 3.27. The molecule has 0 saturated carbocycles. The van der Waals surface area contributed by atoms with Crippen LogP contribution in [0.15, 0.2) is 30.5 Å². The van der Waals surface area contributed by atoms with Crippen molar-refractivity contribution in [3.05, 3.63) is 36.0 Å². The van der Waals surface area contributed by atoms with E-state index < -0.39 is 0 Å². The number of fused-ring (bicyclic) bond motifs is 1. The molecule has 2 N–H and O–H groups in total. The van der Waals surface area contributed by atoms with Crippen LogP contribution in [0, 0.1) is 5.92 Å². The summed E-state index contributed by atoms with van der Waals surface area (Å²) in [5, 5.41) is 3.28. The first-order valence-corrected chi connectivity index (χ1v) is 7.84. The molecule has 1 amide bonds. The molecular formula is C17H23N3O. The summed E-state index contributed by atoms with van der Waals surface area (Å²) in [6.45, 7) is 3.96. The maximum Gasteiger partial charge on any atom is 0.237 e. The fourth-order valence-corrected chi connectivity index (χ4v) is 2.99. The molecular weight excluding hydrogens is 262 g/mol. The second-order valence-electron chi connectivity index (χ2n) is 5.99. The van der Waals surface area contributed by atoms with E-state index >= 15 is 0 Å². The molecule has 4 nitrogen and oxygen atoms in total. The van der Waals surface area contributed by atoms with E-state index in [0.717, 1.165) is 25.0 Å². The summed E-state index contributed by atoms with van der Waals surface area (Å²) in [6.07, 6.45) is 6.42. The maximum absolute atomic E-state index is 12.3. The average Bonchev–Trinajstić information content (AvgIpc) is 2.91. The molecule has 1 unspecified atom stereocenters. The van der Waals surface area contributed by atoms with Gasteiger partial charge in [0.25, 0.3) is 0 Å². The minimum atomic E-state index is -0.0221. The number of hydrogen-bond donors (Lipinski definition) is 2. The Morgan fingerprint density at radius 2 is 2.05 bits per heavy atom. The summed E-state index contributed by atoms with van der Waals surface area (Å²) in [7, 11) is 0. The number of piperidine rings is 1. The van der Waals surface area contributed by atoms with Crippen LogP contribution in [0.3, 0.4) is 0 Å². The number of hydrogen-bond acceptors (Lipinski definition) is 2. The first kappa shape index (κ1) is 14.1. The van der Waals surface area contributed by atoms with Gasteiger partial charge in [0.2, 0.25) is 5.91 Å². The van der Waals surface area contributed by atoms with Gasteiger partial charge in [-0.1, -0.05) is 31.5 Å². The summed E-state index contributed by atoms with van der Waals surface area (Å²) in [5.74, 6) is 0.105. The van der Waals surface area contributed by atoms with Crippen molar-refractivity contribution < 1.29 is 4.79 Å². The molecule has 3 rings (SSSR count). The van der Waals surface area contributed by atoms with Gasteiger partial charge in [-0.15, -0.1) is 0 Å². The SMILES string of the molecule is CC(Cc1c[nH]c2ccccc12)C(=O)NN1CCCCC1. The molecule has 4 heteroatoms. The molecule has 21 heavy (non-hydrogen) atoms. The molecule has 1 atom stereocenters. The molecule has 0 spiro atoms. The number of carbonyl (C=O) groups excluding carboxylic acids is 1. The molecule has 1 aromatic carbocycles. The Morgan fingerprint density at radius 1 is 1.29 bits per heavy atom. The normalized spacial score (nSPS) is 17.8. The quantitative estimate of drug-likeness (QED) is 0.907. The van der Waals surface area contributed by atoms with E-state index in [1.54, 1.807) is 0 Å². The highest BCUT2D eigenvalue weighted by Crippen LogP contribution is 2.20. The largest absolute Gasteiger partial charge is 0.361 e. The van der Waals surface area contributed by atoms with Crippen molar-refractivity contribution in [1.82, 2.24) is 15.4 Å². The monoisotopic (exact) mass is 285 g/mol. The van der Waals surface area contributed by atoms with Crippen LogP contribution in [0.5, 0.6) is 0 Å². The van der Waals surface area contributed by atoms with Gasteiger partial charge in [0, 0.05) is 36.1 Å². The van der Waals surface area contributed by atoms with Crippen LogP contribution < -0.4 is 5.43 Å². The summed E-state index contributed by atoms with van der Waals surface area (Å²) in [4.78, 5) is 15.6. The van der Waals surface area contributed by atoms with E-state index in [-0.39, 0.29) is 11.8 Å². The zero-order chi connectivity index (χ0) is 14.7. The molecule has 1 aromatic heterocycles. The lowest BCUT2D eigenvalue weighted by molar-refractivity contribution is -0.129. The van der Waals surface area contributed by atoms with E-state index in [1.165, 1.54) is 30.2 Å². The first-order chi connectivity index (χ1) is 10.2. The predicted octanol–water partition coefficient (Wildman–Crippen LogP) is 2.86. The highest BCUT2D eigenvalue weighted by Gasteiger charge is 2.19. The number of carbonyl (C=O) groups is 1. The van der Waals surface area contributed by atoms with Crippen LogP contribution in [-0.4, -0.2) is 29.0 Å². The Balaban J connectivity index is 1.62. The molecule has 1 saturated heterocycles. The number of aromatic nitrogens is 1. The van der Waals surface area contributed by atoms with Crippen molar-refractivity contribution in [2.24, 2.45) is 5.92 Å². The van der Waals surface area contributed by atoms with Gasteiger partial charge in [0.15, 0.2) is 0 Å². The lowest BCUT2D eigenvalue weighted by atomic mass is 10.00. The molecule has 1 aliphatic heterocycles. The maximum atomic E-state index is 12.3. The smallest absolute Gasteiger partial charge is 0.237 e. The zero-order valence-electron chi connectivity index (χ0n) is 12.6. The van der Waals surface area contributed by atoms with E-state index in [4.69, 9.17) is 0 Å². The predicted molar refractivity (Wildman–Crippen MR) is 84.7 cm³/mol. The number of H-pyrrole nitrogens is 1. The minimum Gasteiger partial charge on any atom is -0.361 e. The Kier molecular flexibility index (Phi) is 4.25. The molecule has 2 heterocycles. The van der Waals surface area contributed by atoms with E-state index in [2.05, 4.69) is 27.6 Å². The first-order valence-electron chi connectivity index (χ1n) is 7.84. The Morgan fingerprint density at radius 3 is 2.86 bits per heavy atom. The number of rotatable bonds is 4. The topological polar surface area (TPSA) is 48.1 Å². The number of para-hydroxylation sites is 1. The van der Waals surface area contributed by atoms with Crippen LogP contribution in [0.4, 0.5) is 0 Å². The van der Waals surface area contributed by atoms with Crippen molar-refractivity contribution in [1.29, 1.82) is 0 Å². The lowest BCUT2D eigenvalue weighted by Gasteiger charge is -2.28. The molecule has 1 aliphatic rings. The van der Waals surface area contributed by atoms with Gasteiger partial charge in [-0.05, 0) is 30.9 Å². The molecule has 0 radical (unpaired) electrons. The van der Waals surface area contributed by atoms with Crippen LogP contribution in [0.25, 0.3) is 10.9 Å². The van der Waals surface area contributed by atoms with Gasteiger partial charge in [-0.3, -0.25) is 10.2 Å². The molecule has 0 bridgehead atoms. The summed E-state index contributed by atoms with van der Waals surface area (Å²) >= 11 is 0. The van der Waals surface area contributed by atoms with Gasteiger partial charge in [-0.25, -0.2) is 5.01 Å². The number of benzene rings is 1.